The topological polar surface area (TPSA) is 12.0 Å². The zero-order chi connectivity index (χ0) is 15.6. The summed E-state index contributed by atoms with van der Waals surface area (Å²) >= 11 is 3.42. The molecule has 0 bridgehead atoms. The molecule has 21 heavy (non-hydrogen) atoms. The van der Waals surface area contributed by atoms with Crippen molar-refractivity contribution in [2.45, 2.75) is 26.8 Å². The van der Waals surface area contributed by atoms with Gasteiger partial charge in [0.05, 0.1) is 6.04 Å². The fourth-order valence-corrected chi connectivity index (χ4v) is 2.91. The van der Waals surface area contributed by atoms with Crippen LogP contribution in [0.4, 0.5) is 8.78 Å². The maximum Gasteiger partial charge on any atom is 0.128 e. The van der Waals surface area contributed by atoms with Crippen molar-refractivity contribution in [3.63, 3.8) is 0 Å². The second-order valence-corrected chi connectivity index (χ2v) is 6.03. The third kappa shape index (κ3) is 3.50. The SMILES string of the molecule is CCNC(c1ccc(Br)cc1C)c1cc(F)c(C)cc1F. The van der Waals surface area contributed by atoms with Gasteiger partial charge >= 0.3 is 0 Å². The van der Waals surface area contributed by atoms with Crippen LogP contribution >= 0.6 is 15.9 Å². The van der Waals surface area contributed by atoms with Gasteiger partial charge in [-0.2, -0.15) is 0 Å². The Hall–Kier alpha value is -1.26. The van der Waals surface area contributed by atoms with Gasteiger partial charge in [0.15, 0.2) is 0 Å². The molecule has 0 heterocycles. The van der Waals surface area contributed by atoms with E-state index in [0.29, 0.717) is 17.7 Å². The number of benzene rings is 2. The van der Waals surface area contributed by atoms with E-state index in [-0.39, 0.29) is 17.7 Å². The van der Waals surface area contributed by atoms with E-state index in [4.69, 9.17) is 0 Å². The van der Waals surface area contributed by atoms with Gasteiger partial charge in [-0.15, -0.1) is 0 Å². The van der Waals surface area contributed by atoms with Gasteiger partial charge in [0.2, 0.25) is 0 Å². The zero-order valence-electron chi connectivity index (χ0n) is 12.3. The van der Waals surface area contributed by atoms with Gasteiger partial charge in [0.1, 0.15) is 11.6 Å². The predicted octanol–water partition coefficient (Wildman–Crippen LogP) is 5.04. The predicted molar refractivity (Wildman–Crippen MR) is 85.5 cm³/mol. The Balaban J connectivity index is 2.55. The molecule has 2 rings (SSSR count). The maximum atomic E-state index is 14.3. The molecule has 0 fully saturated rings. The smallest absolute Gasteiger partial charge is 0.128 e. The first-order valence-electron chi connectivity index (χ1n) is 6.89. The highest BCUT2D eigenvalue weighted by Gasteiger charge is 2.20. The number of halogens is 3. The number of rotatable bonds is 4. The van der Waals surface area contributed by atoms with E-state index in [2.05, 4.69) is 21.2 Å². The van der Waals surface area contributed by atoms with Gasteiger partial charge in [-0.1, -0.05) is 28.9 Å². The standard InChI is InChI=1S/C17H18BrF2N/c1-4-21-17(13-6-5-12(18)7-10(13)2)14-9-15(19)11(3)8-16(14)20/h5-9,17,21H,4H2,1-3H3. The van der Waals surface area contributed by atoms with Crippen LogP contribution in [0.2, 0.25) is 0 Å². The molecule has 112 valence electrons. The van der Waals surface area contributed by atoms with Crippen molar-refractivity contribution in [3.8, 4) is 0 Å². The van der Waals surface area contributed by atoms with Crippen molar-refractivity contribution in [2.75, 3.05) is 6.54 Å². The molecule has 2 aromatic rings. The molecule has 1 N–H and O–H groups in total. The molecule has 1 atom stereocenters. The highest BCUT2D eigenvalue weighted by atomic mass is 79.9. The van der Waals surface area contributed by atoms with Crippen LogP contribution in [-0.4, -0.2) is 6.54 Å². The minimum absolute atomic E-state index is 0.319. The monoisotopic (exact) mass is 353 g/mol. The van der Waals surface area contributed by atoms with Crippen LogP contribution in [0.5, 0.6) is 0 Å². The van der Waals surface area contributed by atoms with Gasteiger partial charge in [-0.25, -0.2) is 8.78 Å². The molecule has 2 aromatic carbocycles. The lowest BCUT2D eigenvalue weighted by Crippen LogP contribution is -2.24. The molecular weight excluding hydrogens is 336 g/mol. The Morgan fingerprint density at radius 1 is 1.00 bits per heavy atom. The average molecular weight is 354 g/mol. The van der Waals surface area contributed by atoms with Crippen molar-refractivity contribution in [1.82, 2.24) is 5.32 Å². The van der Waals surface area contributed by atoms with Crippen LogP contribution in [0.15, 0.2) is 34.8 Å². The summed E-state index contributed by atoms with van der Waals surface area (Å²) in [5, 5.41) is 3.24. The van der Waals surface area contributed by atoms with Crippen molar-refractivity contribution in [3.05, 3.63) is 68.7 Å². The van der Waals surface area contributed by atoms with E-state index in [1.54, 1.807) is 6.92 Å². The van der Waals surface area contributed by atoms with Crippen LogP contribution in [0.25, 0.3) is 0 Å². The Morgan fingerprint density at radius 3 is 2.33 bits per heavy atom. The lowest BCUT2D eigenvalue weighted by atomic mass is 9.93. The fraction of sp³-hybridized carbons (Fsp3) is 0.294. The molecule has 0 aliphatic carbocycles. The van der Waals surface area contributed by atoms with Crippen molar-refractivity contribution < 1.29 is 8.78 Å². The highest BCUT2D eigenvalue weighted by Crippen LogP contribution is 2.30. The fourth-order valence-electron chi connectivity index (χ4n) is 2.44. The highest BCUT2D eigenvalue weighted by molar-refractivity contribution is 9.10. The Kier molecular flexibility index (Phi) is 5.12. The Bertz CT molecular complexity index is 655. The van der Waals surface area contributed by atoms with Crippen LogP contribution in [0.3, 0.4) is 0 Å². The Morgan fingerprint density at radius 2 is 1.71 bits per heavy atom. The molecule has 0 aromatic heterocycles. The van der Waals surface area contributed by atoms with Crippen LogP contribution in [-0.2, 0) is 0 Å². The summed E-state index contributed by atoms with van der Waals surface area (Å²) in [5.74, 6) is -0.772. The number of hydrogen-bond acceptors (Lipinski definition) is 1. The largest absolute Gasteiger partial charge is 0.306 e. The van der Waals surface area contributed by atoms with Gasteiger partial charge in [0.25, 0.3) is 0 Å². The van der Waals surface area contributed by atoms with Crippen LogP contribution in [0, 0.1) is 25.5 Å². The van der Waals surface area contributed by atoms with Crippen LogP contribution < -0.4 is 5.32 Å². The van der Waals surface area contributed by atoms with Gasteiger partial charge in [-0.3, -0.25) is 0 Å². The van der Waals surface area contributed by atoms with E-state index in [9.17, 15) is 8.78 Å². The molecule has 0 aliphatic heterocycles. The third-order valence-corrected chi connectivity index (χ3v) is 4.03. The van der Waals surface area contributed by atoms with E-state index >= 15 is 0 Å². The molecule has 0 radical (unpaired) electrons. The zero-order valence-corrected chi connectivity index (χ0v) is 13.9. The first kappa shape index (κ1) is 16.1. The van der Waals surface area contributed by atoms with Crippen molar-refractivity contribution in [1.29, 1.82) is 0 Å². The van der Waals surface area contributed by atoms with E-state index in [0.717, 1.165) is 15.6 Å². The molecule has 0 aliphatic rings. The second kappa shape index (κ2) is 6.67. The molecule has 1 nitrogen and oxygen atoms in total. The molecular formula is C17H18BrF2N. The van der Waals surface area contributed by atoms with Gasteiger partial charge < -0.3 is 5.32 Å². The van der Waals surface area contributed by atoms with Crippen molar-refractivity contribution >= 4 is 15.9 Å². The molecule has 0 saturated carbocycles. The minimum Gasteiger partial charge on any atom is -0.306 e. The second-order valence-electron chi connectivity index (χ2n) is 5.11. The summed E-state index contributed by atoms with van der Waals surface area (Å²) in [6, 6.07) is 8.00. The first-order chi connectivity index (χ1) is 9.93. The number of aryl methyl sites for hydroxylation is 2. The summed E-state index contributed by atoms with van der Waals surface area (Å²) in [6.45, 7) is 6.14. The molecule has 0 amide bonds. The average Bonchev–Trinajstić information content (AvgIpc) is 2.41. The van der Waals surface area contributed by atoms with E-state index in [1.807, 2.05) is 32.0 Å². The maximum absolute atomic E-state index is 14.3. The quantitative estimate of drug-likeness (QED) is 0.811. The number of nitrogens with one attached hydrogen (secondary N) is 1. The van der Waals surface area contributed by atoms with E-state index in [1.165, 1.54) is 12.1 Å². The summed E-state index contributed by atoms with van der Waals surface area (Å²) in [6.07, 6.45) is 0. The minimum atomic E-state index is -0.387. The summed E-state index contributed by atoms with van der Waals surface area (Å²) in [5.41, 5.74) is 2.63. The molecule has 1 unspecified atom stereocenters. The summed E-state index contributed by atoms with van der Waals surface area (Å²) < 4.78 is 29.1. The van der Waals surface area contributed by atoms with Gasteiger partial charge in [-0.05, 0) is 61.3 Å². The third-order valence-electron chi connectivity index (χ3n) is 3.54. The molecule has 0 saturated heterocycles. The Labute approximate surface area is 132 Å². The normalized spacial score (nSPS) is 12.5. The molecule has 4 heteroatoms. The lowest BCUT2D eigenvalue weighted by molar-refractivity contribution is 0.540. The van der Waals surface area contributed by atoms with Gasteiger partial charge in [0, 0.05) is 10.0 Å². The first-order valence-corrected chi connectivity index (χ1v) is 7.68. The van der Waals surface area contributed by atoms with Crippen molar-refractivity contribution in [2.24, 2.45) is 0 Å². The summed E-state index contributed by atoms with van der Waals surface area (Å²) in [7, 11) is 0. The van der Waals surface area contributed by atoms with E-state index < -0.39 is 0 Å². The lowest BCUT2D eigenvalue weighted by Gasteiger charge is -2.22. The number of hydrogen-bond donors (Lipinski definition) is 1. The summed E-state index contributed by atoms with van der Waals surface area (Å²) in [4.78, 5) is 0. The molecule has 0 spiro atoms. The van der Waals surface area contributed by atoms with Crippen LogP contribution in [0.1, 0.15) is 35.2 Å².